The molecule has 1 rings (SSSR count). The second kappa shape index (κ2) is 4.70. The first-order valence-corrected chi connectivity index (χ1v) is 6.13. The molecule has 0 aliphatic heterocycles. The Balaban J connectivity index is 3.67. The van der Waals surface area contributed by atoms with Gasteiger partial charge in [-0.2, -0.15) is 0 Å². The van der Waals surface area contributed by atoms with Crippen LogP contribution in [0.4, 0.5) is 13.2 Å². The normalized spacial score (nSPS) is 12.3. The van der Waals surface area contributed by atoms with Crippen molar-refractivity contribution in [3.8, 4) is 5.75 Å². The molecule has 0 aliphatic rings. The summed E-state index contributed by atoms with van der Waals surface area (Å²) in [5, 5.41) is 13.5. The van der Waals surface area contributed by atoms with Crippen molar-refractivity contribution in [1.29, 1.82) is 0 Å². The molecule has 0 unspecified atom stereocenters. The lowest BCUT2D eigenvalue weighted by Crippen LogP contribution is -2.23. The molecule has 0 bridgehead atoms. The van der Waals surface area contributed by atoms with Gasteiger partial charge in [-0.3, -0.25) is 0 Å². The van der Waals surface area contributed by atoms with E-state index in [0.29, 0.717) is 0 Å². The van der Waals surface area contributed by atoms with E-state index < -0.39 is 38.6 Å². The molecule has 1 aromatic carbocycles. The Hall–Kier alpha value is -1.81. The molecule has 0 atom stereocenters. The highest BCUT2D eigenvalue weighted by atomic mass is 32.2. The topological polar surface area (TPSA) is 107 Å². The molecule has 0 fully saturated rings. The second-order valence-electron chi connectivity index (χ2n) is 3.54. The van der Waals surface area contributed by atoms with Crippen molar-refractivity contribution in [2.75, 3.05) is 0 Å². The summed E-state index contributed by atoms with van der Waals surface area (Å²) in [5.41, 5.74) is -0.836. The van der Waals surface area contributed by atoms with Gasteiger partial charge in [-0.15, -0.1) is 13.2 Å². The quantitative estimate of drug-likeness (QED) is 0.873. The minimum atomic E-state index is -5.25. The van der Waals surface area contributed by atoms with Crippen molar-refractivity contribution < 1.29 is 36.2 Å². The van der Waals surface area contributed by atoms with Gasteiger partial charge in [-0.25, -0.2) is 18.4 Å². The number of ether oxygens (including phenoxy) is 1. The van der Waals surface area contributed by atoms with Gasteiger partial charge < -0.3 is 9.84 Å². The lowest BCUT2D eigenvalue weighted by atomic mass is 10.1. The highest BCUT2D eigenvalue weighted by Gasteiger charge is 2.36. The van der Waals surface area contributed by atoms with Crippen LogP contribution in [0.5, 0.6) is 5.75 Å². The average molecular weight is 299 g/mol. The molecule has 3 N–H and O–H groups in total. The molecular weight excluding hydrogens is 291 g/mol. The number of hydrogen-bond acceptors (Lipinski definition) is 4. The van der Waals surface area contributed by atoms with Crippen LogP contribution in [0.3, 0.4) is 0 Å². The van der Waals surface area contributed by atoms with E-state index in [-0.39, 0.29) is 5.56 Å². The van der Waals surface area contributed by atoms with Gasteiger partial charge in [-0.1, -0.05) is 0 Å². The Bertz CT molecular complexity index is 623. The molecule has 0 saturated heterocycles. The molecular formula is C9H8F3NO5S. The van der Waals surface area contributed by atoms with E-state index in [2.05, 4.69) is 4.74 Å². The van der Waals surface area contributed by atoms with Gasteiger partial charge in [-0.05, 0) is 24.6 Å². The average Bonchev–Trinajstić information content (AvgIpc) is 2.16. The van der Waals surface area contributed by atoms with Crippen molar-refractivity contribution in [1.82, 2.24) is 0 Å². The van der Waals surface area contributed by atoms with Crippen molar-refractivity contribution in [3.63, 3.8) is 0 Å². The summed E-state index contributed by atoms with van der Waals surface area (Å²) in [6, 6.07) is 1.64. The van der Waals surface area contributed by atoms with Crippen LogP contribution in [-0.4, -0.2) is 25.9 Å². The predicted octanol–water partition coefficient (Wildman–Crippen LogP) is 1.24. The number of rotatable bonds is 3. The predicted molar refractivity (Wildman–Crippen MR) is 56.2 cm³/mol. The van der Waals surface area contributed by atoms with E-state index in [1.54, 1.807) is 0 Å². The zero-order valence-corrected chi connectivity index (χ0v) is 10.2. The van der Waals surface area contributed by atoms with Gasteiger partial charge >= 0.3 is 12.3 Å². The number of carboxylic acid groups (broad SMARTS) is 1. The van der Waals surface area contributed by atoms with Crippen molar-refractivity contribution >= 4 is 16.0 Å². The molecule has 0 spiro atoms. The molecule has 0 aromatic heterocycles. The maximum absolute atomic E-state index is 12.2. The van der Waals surface area contributed by atoms with E-state index in [1.165, 1.54) is 6.92 Å². The Morgan fingerprint density at radius 2 is 1.89 bits per heavy atom. The smallest absolute Gasteiger partial charge is 0.478 e. The maximum atomic E-state index is 12.2. The van der Waals surface area contributed by atoms with Crippen molar-refractivity contribution in [2.24, 2.45) is 5.14 Å². The molecule has 0 amide bonds. The zero-order chi connectivity index (χ0) is 15.0. The molecule has 10 heteroatoms. The number of hydrogen-bond donors (Lipinski definition) is 2. The Morgan fingerprint density at radius 1 is 1.37 bits per heavy atom. The SMILES string of the molecule is Cc1cc(C(=O)O)c(OC(F)(F)F)c(S(N)(=O)=O)c1. The van der Waals surface area contributed by atoms with E-state index in [9.17, 15) is 26.4 Å². The van der Waals surface area contributed by atoms with E-state index in [4.69, 9.17) is 10.2 Å². The number of carboxylic acids is 1. The summed E-state index contributed by atoms with van der Waals surface area (Å²) in [4.78, 5) is 9.82. The van der Waals surface area contributed by atoms with Crippen LogP contribution < -0.4 is 9.88 Å². The monoisotopic (exact) mass is 299 g/mol. The molecule has 0 saturated carbocycles. The van der Waals surface area contributed by atoms with Crippen molar-refractivity contribution in [3.05, 3.63) is 23.3 Å². The third kappa shape index (κ3) is 3.83. The minimum absolute atomic E-state index is 0.107. The second-order valence-corrected chi connectivity index (χ2v) is 5.07. The number of alkyl halides is 3. The van der Waals surface area contributed by atoms with Gasteiger partial charge in [0, 0.05) is 0 Å². The van der Waals surface area contributed by atoms with Gasteiger partial charge in [0.15, 0.2) is 5.75 Å². The lowest BCUT2D eigenvalue weighted by Gasteiger charge is -2.15. The van der Waals surface area contributed by atoms with Gasteiger partial charge in [0.05, 0.1) is 0 Å². The highest BCUT2D eigenvalue weighted by molar-refractivity contribution is 7.89. The Morgan fingerprint density at radius 3 is 2.26 bits per heavy atom. The van der Waals surface area contributed by atoms with Gasteiger partial charge in [0.2, 0.25) is 10.0 Å². The summed E-state index contributed by atoms with van der Waals surface area (Å²) < 4.78 is 62.5. The third-order valence-electron chi connectivity index (χ3n) is 1.95. The van der Waals surface area contributed by atoms with Crippen LogP contribution in [0.2, 0.25) is 0 Å². The van der Waals surface area contributed by atoms with Crippen LogP contribution in [0.25, 0.3) is 0 Å². The minimum Gasteiger partial charge on any atom is -0.478 e. The molecule has 19 heavy (non-hydrogen) atoms. The molecule has 0 radical (unpaired) electrons. The zero-order valence-electron chi connectivity index (χ0n) is 9.35. The fourth-order valence-corrected chi connectivity index (χ4v) is 2.09. The first kappa shape index (κ1) is 15.2. The summed E-state index contributed by atoms with van der Waals surface area (Å²) >= 11 is 0. The number of benzene rings is 1. The number of primary sulfonamides is 1. The fraction of sp³-hybridized carbons (Fsp3) is 0.222. The Kier molecular flexibility index (Phi) is 3.77. The number of sulfonamides is 1. The van der Waals surface area contributed by atoms with E-state index >= 15 is 0 Å². The summed E-state index contributed by atoms with van der Waals surface area (Å²) in [7, 11) is -4.57. The molecule has 0 aliphatic carbocycles. The summed E-state index contributed by atoms with van der Waals surface area (Å²) in [6.45, 7) is 1.30. The van der Waals surface area contributed by atoms with E-state index in [1.807, 2.05) is 0 Å². The summed E-state index contributed by atoms with van der Waals surface area (Å²) in [5.74, 6) is -3.12. The van der Waals surface area contributed by atoms with Crippen LogP contribution >= 0.6 is 0 Å². The van der Waals surface area contributed by atoms with E-state index in [0.717, 1.165) is 12.1 Å². The molecule has 6 nitrogen and oxygen atoms in total. The Labute approximate surface area is 105 Å². The summed E-state index contributed by atoms with van der Waals surface area (Å²) in [6.07, 6.45) is -5.25. The lowest BCUT2D eigenvalue weighted by molar-refractivity contribution is -0.275. The van der Waals surface area contributed by atoms with Crippen LogP contribution in [0.15, 0.2) is 17.0 Å². The third-order valence-corrected chi connectivity index (χ3v) is 2.87. The van der Waals surface area contributed by atoms with Crippen LogP contribution in [0, 0.1) is 6.92 Å². The van der Waals surface area contributed by atoms with Gasteiger partial charge in [0.1, 0.15) is 10.5 Å². The molecule has 0 heterocycles. The van der Waals surface area contributed by atoms with Crippen LogP contribution in [-0.2, 0) is 10.0 Å². The number of halogens is 3. The largest absolute Gasteiger partial charge is 0.573 e. The first-order chi connectivity index (χ1) is 8.42. The molecule has 1 aromatic rings. The number of aryl methyl sites for hydroxylation is 1. The number of nitrogens with two attached hydrogens (primary N) is 1. The van der Waals surface area contributed by atoms with Crippen LogP contribution in [0.1, 0.15) is 15.9 Å². The highest BCUT2D eigenvalue weighted by Crippen LogP contribution is 2.33. The fourth-order valence-electron chi connectivity index (χ4n) is 1.33. The van der Waals surface area contributed by atoms with Gasteiger partial charge in [0.25, 0.3) is 0 Å². The standard InChI is InChI=1S/C9H8F3NO5S/c1-4-2-5(8(14)15)7(18-9(10,11)12)6(3-4)19(13,16)17/h2-3H,1H3,(H,14,15)(H2,13,16,17). The number of carbonyl (C=O) groups is 1. The number of aromatic carboxylic acids is 1. The first-order valence-electron chi connectivity index (χ1n) is 4.58. The van der Waals surface area contributed by atoms with Crippen molar-refractivity contribution in [2.45, 2.75) is 18.2 Å². The molecule has 106 valence electrons. The maximum Gasteiger partial charge on any atom is 0.573 e.